The van der Waals surface area contributed by atoms with Crippen molar-refractivity contribution in [1.82, 2.24) is 15.5 Å². The molecule has 12 heteroatoms. The van der Waals surface area contributed by atoms with E-state index in [1.165, 1.54) is 18.2 Å². The zero-order valence-electron chi connectivity index (χ0n) is 32.3. The van der Waals surface area contributed by atoms with Gasteiger partial charge in [0.15, 0.2) is 6.29 Å². The number of hydrogen-bond donors (Lipinski definition) is 3. The van der Waals surface area contributed by atoms with E-state index in [2.05, 4.69) is 49.4 Å². The summed E-state index contributed by atoms with van der Waals surface area (Å²) in [5.41, 5.74) is 5.42. The predicted octanol–water partition coefficient (Wildman–Crippen LogP) is 5.79. The monoisotopic (exact) mass is 792 g/mol. The van der Waals surface area contributed by atoms with E-state index < -0.39 is 35.8 Å². The Labute approximate surface area is 341 Å². The summed E-state index contributed by atoms with van der Waals surface area (Å²) in [6.07, 6.45) is -0.0456. The van der Waals surface area contributed by atoms with E-state index in [0.29, 0.717) is 39.1 Å². The van der Waals surface area contributed by atoms with Crippen molar-refractivity contribution >= 4 is 29.4 Å². The molecular weight excluding hydrogens is 749 g/mol. The van der Waals surface area contributed by atoms with Gasteiger partial charge >= 0.3 is 11.9 Å². The van der Waals surface area contributed by atoms with Crippen molar-refractivity contribution in [2.75, 3.05) is 31.2 Å². The zero-order chi connectivity index (χ0) is 40.5. The fourth-order valence-electron chi connectivity index (χ4n) is 8.86. The molecule has 4 unspecified atom stereocenters. The third kappa shape index (κ3) is 7.52. The van der Waals surface area contributed by atoms with Crippen LogP contribution in [-0.4, -0.2) is 71.7 Å². The lowest BCUT2D eigenvalue weighted by atomic mass is 9.82. The predicted molar refractivity (Wildman–Crippen MR) is 217 cm³/mol. The number of likely N-dealkylation sites (tertiary alicyclic amines) is 1. The number of hydrogen-bond acceptors (Lipinski definition) is 10. The highest BCUT2D eigenvalue weighted by Crippen LogP contribution is 2.47. The maximum atomic E-state index is 13.5. The molecule has 0 saturated carbocycles. The molecule has 3 saturated heterocycles. The third-order valence-electron chi connectivity index (χ3n) is 12.1. The number of esters is 2. The van der Waals surface area contributed by atoms with E-state index in [9.17, 15) is 24.3 Å². The van der Waals surface area contributed by atoms with Crippen molar-refractivity contribution in [2.24, 2.45) is 0 Å². The van der Waals surface area contributed by atoms with Crippen LogP contribution in [0, 0.1) is 0 Å². The first-order valence-corrected chi connectivity index (χ1v) is 20.0. The molecule has 0 aliphatic carbocycles. The Balaban J connectivity index is 0.953. The number of piperidine rings is 1. The summed E-state index contributed by atoms with van der Waals surface area (Å²) in [4.78, 5) is 55.0. The summed E-state index contributed by atoms with van der Waals surface area (Å²) in [5, 5.41) is 15.8. The number of benzene rings is 5. The van der Waals surface area contributed by atoms with Crippen LogP contribution in [-0.2, 0) is 32.2 Å². The fourth-order valence-corrected chi connectivity index (χ4v) is 8.86. The van der Waals surface area contributed by atoms with Crippen LogP contribution in [0.2, 0.25) is 0 Å². The van der Waals surface area contributed by atoms with Gasteiger partial charge in [-0.2, -0.15) is 0 Å². The summed E-state index contributed by atoms with van der Waals surface area (Å²) in [5.74, 6) is -1.97. The highest BCUT2D eigenvalue weighted by Gasteiger charge is 2.51. The van der Waals surface area contributed by atoms with Gasteiger partial charge in [0.1, 0.15) is 5.54 Å². The molecule has 0 aromatic heterocycles. The minimum Gasteiger partial charge on any atom is -0.392 e. The average molecular weight is 793 g/mol. The van der Waals surface area contributed by atoms with Gasteiger partial charge in [0.25, 0.3) is 5.91 Å². The molecule has 59 heavy (non-hydrogen) atoms. The summed E-state index contributed by atoms with van der Waals surface area (Å²) < 4.78 is 18.6. The third-order valence-corrected chi connectivity index (χ3v) is 12.1. The molecule has 300 valence electrons. The van der Waals surface area contributed by atoms with Gasteiger partial charge in [0.2, 0.25) is 5.91 Å². The van der Waals surface area contributed by atoms with Crippen LogP contribution >= 0.6 is 0 Å². The van der Waals surface area contributed by atoms with E-state index >= 15 is 0 Å². The first kappa shape index (κ1) is 38.3. The van der Waals surface area contributed by atoms with Gasteiger partial charge in [0, 0.05) is 48.9 Å². The molecule has 3 fully saturated rings. The highest BCUT2D eigenvalue weighted by molar-refractivity contribution is 6.15. The maximum absolute atomic E-state index is 13.5. The molecule has 12 nitrogen and oxygen atoms in total. The van der Waals surface area contributed by atoms with Crippen LogP contribution in [0.5, 0.6) is 0 Å². The molecule has 5 aromatic rings. The Morgan fingerprint density at radius 2 is 1.41 bits per heavy atom. The second-order valence-corrected chi connectivity index (χ2v) is 15.5. The van der Waals surface area contributed by atoms with Gasteiger partial charge in [-0.15, -0.1) is 0 Å². The van der Waals surface area contributed by atoms with Crippen LogP contribution in [0.15, 0.2) is 127 Å². The lowest BCUT2D eigenvalue weighted by molar-refractivity contribution is -0.264. The normalized spacial score (nSPS) is 22.5. The molecule has 9 rings (SSSR count). The number of anilines is 1. The largest absolute Gasteiger partial charge is 0.392 e. The number of carbonyl (C=O) groups is 4. The number of amides is 2. The summed E-state index contributed by atoms with van der Waals surface area (Å²) in [6, 6.07) is 40.3. The number of fused-ring (bicyclic) bond motifs is 1. The molecule has 4 aliphatic rings. The van der Waals surface area contributed by atoms with Gasteiger partial charge in [-0.05, 0) is 65.4 Å². The van der Waals surface area contributed by atoms with Crippen LogP contribution < -0.4 is 15.5 Å². The van der Waals surface area contributed by atoms with Crippen molar-refractivity contribution < 1.29 is 38.5 Å². The van der Waals surface area contributed by atoms with Crippen LogP contribution in [0.1, 0.15) is 90.0 Å². The van der Waals surface area contributed by atoms with Gasteiger partial charge in [-0.3, -0.25) is 9.59 Å². The van der Waals surface area contributed by atoms with E-state index in [1.807, 2.05) is 84.9 Å². The van der Waals surface area contributed by atoms with Crippen molar-refractivity contribution in [3.8, 4) is 0 Å². The number of nitrogens with zero attached hydrogens (tertiary/aromatic N) is 2. The molecule has 5 aromatic carbocycles. The SMILES string of the molecule is O=C(NCc1ccc(C2OC(CN3CCC4(CC3)C(=O)NCN4c3ccccc3)C(c3ccccc3)C(c3ccc(CO)cc3)O2)cc1)c1ccc2c(c1)C(=O)OC2=O. The van der Waals surface area contributed by atoms with Gasteiger partial charge in [-0.1, -0.05) is 97.1 Å². The highest BCUT2D eigenvalue weighted by atomic mass is 16.7. The minimum atomic E-state index is -0.762. The van der Waals surface area contributed by atoms with Crippen molar-refractivity contribution in [2.45, 2.75) is 55.9 Å². The van der Waals surface area contributed by atoms with Gasteiger partial charge < -0.3 is 39.8 Å². The standard InChI is InChI=1S/C47H44N4O8/c52-28-31-13-15-33(16-14-31)41-40(32-7-3-1-4-8-32)39(27-50-23-21-47(22-24-50)46(56)49-29-51(47)36-9-5-2-6-10-36)57-45(58-41)34-17-11-30(12-18-34)26-48-42(53)35-19-20-37-38(25-35)44(55)59-43(37)54/h1-20,25,39-41,45,52H,21-24,26-29H2,(H,48,53)(H,49,56). The Morgan fingerprint density at radius 1 is 0.746 bits per heavy atom. The smallest absolute Gasteiger partial charge is 0.346 e. The van der Waals surface area contributed by atoms with Crippen molar-refractivity contribution in [1.29, 1.82) is 0 Å². The van der Waals surface area contributed by atoms with Gasteiger partial charge in [0.05, 0.1) is 36.6 Å². The lowest BCUT2D eigenvalue weighted by Crippen LogP contribution is -2.57. The number of nitrogens with one attached hydrogen (secondary N) is 2. The Hall–Kier alpha value is -6.18. The lowest BCUT2D eigenvalue weighted by Gasteiger charge is -2.47. The quantitative estimate of drug-likeness (QED) is 0.117. The van der Waals surface area contributed by atoms with Crippen LogP contribution in [0.3, 0.4) is 0 Å². The number of aliphatic hydroxyl groups excluding tert-OH is 1. The Morgan fingerprint density at radius 3 is 2.12 bits per heavy atom. The minimum absolute atomic E-state index is 0.0613. The fraction of sp³-hybridized carbons (Fsp3) is 0.277. The molecule has 3 N–H and O–H groups in total. The van der Waals surface area contributed by atoms with E-state index in [1.54, 1.807) is 0 Å². The molecule has 0 radical (unpaired) electrons. The molecule has 4 atom stereocenters. The summed E-state index contributed by atoms with van der Waals surface area (Å²) in [7, 11) is 0. The number of carbonyl (C=O) groups excluding carboxylic acids is 4. The average Bonchev–Trinajstić information content (AvgIpc) is 3.76. The zero-order valence-corrected chi connectivity index (χ0v) is 32.3. The van der Waals surface area contributed by atoms with E-state index in [-0.39, 0.29) is 47.8 Å². The second-order valence-electron chi connectivity index (χ2n) is 15.5. The van der Waals surface area contributed by atoms with Gasteiger partial charge in [-0.25, -0.2) is 9.59 Å². The van der Waals surface area contributed by atoms with E-state index in [4.69, 9.17) is 9.47 Å². The molecule has 4 aliphatic heterocycles. The van der Waals surface area contributed by atoms with Crippen molar-refractivity contribution in [3.05, 3.63) is 172 Å². The number of aliphatic hydroxyl groups is 1. The summed E-state index contributed by atoms with van der Waals surface area (Å²) in [6.45, 7) is 2.70. The first-order valence-electron chi connectivity index (χ1n) is 20.0. The Kier molecular flexibility index (Phi) is 10.5. The van der Waals surface area contributed by atoms with Crippen molar-refractivity contribution in [3.63, 3.8) is 0 Å². The topological polar surface area (TPSA) is 147 Å². The van der Waals surface area contributed by atoms with Crippen LogP contribution in [0.4, 0.5) is 5.69 Å². The number of para-hydroxylation sites is 1. The molecule has 4 heterocycles. The maximum Gasteiger partial charge on any atom is 0.346 e. The molecular formula is C47H44N4O8. The Bertz CT molecular complexity index is 2350. The number of rotatable bonds is 10. The van der Waals surface area contributed by atoms with Crippen LogP contribution in [0.25, 0.3) is 0 Å². The number of cyclic esters (lactones) is 2. The molecule has 0 bridgehead atoms. The van der Waals surface area contributed by atoms with E-state index in [0.717, 1.165) is 33.5 Å². The summed E-state index contributed by atoms with van der Waals surface area (Å²) >= 11 is 0. The molecule has 2 amide bonds. The number of ether oxygens (including phenoxy) is 3. The first-order chi connectivity index (χ1) is 28.8. The molecule has 1 spiro atoms. The second kappa shape index (κ2) is 16.2.